The summed E-state index contributed by atoms with van der Waals surface area (Å²) >= 11 is 0. The molecule has 0 radical (unpaired) electrons. The van der Waals surface area contributed by atoms with Crippen molar-refractivity contribution in [3.63, 3.8) is 0 Å². The lowest BCUT2D eigenvalue weighted by atomic mass is 9.65. The first-order chi connectivity index (χ1) is 7.72. The Morgan fingerprint density at radius 2 is 2.06 bits per heavy atom. The topological polar surface area (TPSA) is 12.0 Å². The van der Waals surface area contributed by atoms with Crippen molar-refractivity contribution < 1.29 is 1.43 Å². The molecule has 3 atom stereocenters. The molecule has 1 aromatic rings. The summed E-state index contributed by atoms with van der Waals surface area (Å²) in [6.45, 7) is 4.67. The molecular formula is C15H19N. The third kappa shape index (κ3) is 1.18. The second-order valence-corrected chi connectivity index (χ2v) is 5.04. The highest BCUT2D eigenvalue weighted by Crippen LogP contribution is 2.48. The fourth-order valence-corrected chi connectivity index (χ4v) is 2.88. The predicted molar refractivity (Wildman–Crippen MR) is 70.8 cm³/mol. The Morgan fingerprint density at radius 3 is 2.94 bits per heavy atom. The average molecular weight is 213 g/mol. The first-order valence-corrected chi connectivity index (χ1v) is 5.93. The number of nitrogens with one attached hydrogen (secondary N) is 1. The Balaban J connectivity index is 0.00000108. The normalized spacial score (nSPS) is 35.1. The van der Waals surface area contributed by atoms with Crippen molar-refractivity contribution in [1.82, 2.24) is 0 Å². The Hall–Kier alpha value is -1.50. The van der Waals surface area contributed by atoms with E-state index in [0.29, 0.717) is 12.0 Å². The molecule has 0 amide bonds. The van der Waals surface area contributed by atoms with Gasteiger partial charge in [0.2, 0.25) is 0 Å². The van der Waals surface area contributed by atoms with E-state index in [2.05, 4.69) is 67.7 Å². The quantitative estimate of drug-likeness (QED) is 0.687. The summed E-state index contributed by atoms with van der Waals surface area (Å²) in [5.41, 5.74) is 2.92. The molecule has 0 bridgehead atoms. The van der Waals surface area contributed by atoms with Gasteiger partial charge in [0.1, 0.15) is 0 Å². The summed E-state index contributed by atoms with van der Waals surface area (Å²) in [5, 5.41) is 3.63. The molecule has 84 valence electrons. The molecular weight excluding hydrogens is 194 g/mol. The van der Waals surface area contributed by atoms with Gasteiger partial charge in [-0.15, -0.1) is 0 Å². The first-order valence-electron chi connectivity index (χ1n) is 5.93. The molecule has 0 fully saturated rings. The van der Waals surface area contributed by atoms with Crippen molar-refractivity contribution in [2.24, 2.45) is 5.41 Å². The summed E-state index contributed by atoms with van der Waals surface area (Å²) in [7, 11) is 0. The van der Waals surface area contributed by atoms with Crippen LogP contribution in [-0.4, -0.2) is 6.04 Å². The van der Waals surface area contributed by atoms with Gasteiger partial charge >= 0.3 is 0 Å². The van der Waals surface area contributed by atoms with Crippen molar-refractivity contribution >= 4 is 5.69 Å². The largest absolute Gasteiger partial charge is 0.378 e. The maximum atomic E-state index is 3.63. The molecule has 3 unspecified atom stereocenters. The fraction of sp³-hybridized carbons (Fsp3) is 0.333. The molecule has 0 saturated carbocycles. The number of hydrogen-bond acceptors (Lipinski definition) is 1. The number of fused-ring (bicyclic) bond motifs is 2. The van der Waals surface area contributed by atoms with E-state index < -0.39 is 0 Å². The van der Waals surface area contributed by atoms with Gasteiger partial charge in [-0.05, 0) is 17.5 Å². The maximum absolute atomic E-state index is 3.63. The van der Waals surface area contributed by atoms with Crippen LogP contribution in [0, 0.1) is 5.41 Å². The lowest BCUT2D eigenvalue weighted by Crippen LogP contribution is -2.44. The Bertz CT molecular complexity index is 478. The number of para-hydroxylation sites is 1. The van der Waals surface area contributed by atoms with Gasteiger partial charge < -0.3 is 5.32 Å². The SMILES string of the molecule is CC1c2ccccc2NC2C=CC=CC21C.[HH]. The first kappa shape index (κ1) is 9.71. The smallest absolute Gasteiger partial charge is 0.0541 e. The van der Waals surface area contributed by atoms with Crippen molar-refractivity contribution in [1.29, 1.82) is 0 Å². The van der Waals surface area contributed by atoms with E-state index in [9.17, 15) is 0 Å². The number of anilines is 1. The molecule has 0 aromatic heterocycles. The van der Waals surface area contributed by atoms with E-state index in [4.69, 9.17) is 0 Å². The maximum Gasteiger partial charge on any atom is 0.0541 e. The van der Waals surface area contributed by atoms with Crippen LogP contribution in [0.25, 0.3) is 0 Å². The van der Waals surface area contributed by atoms with Crippen LogP contribution < -0.4 is 5.32 Å². The van der Waals surface area contributed by atoms with Crippen LogP contribution in [0.1, 0.15) is 26.8 Å². The molecule has 1 heterocycles. The molecule has 1 aliphatic carbocycles. The molecule has 2 aliphatic rings. The van der Waals surface area contributed by atoms with Crippen molar-refractivity contribution in [2.75, 3.05) is 5.32 Å². The average Bonchev–Trinajstić information content (AvgIpc) is 2.31. The predicted octanol–water partition coefficient (Wildman–Crippen LogP) is 3.96. The Labute approximate surface area is 98.4 Å². The summed E-state index contributed by atoms with van der Waals surface area (Å²) in [5.74, 6) is 0.552. The van der Waals surface area contributed by atoms with E-state index in [1.54, 1.807) is 0 Å². The third-order valence-corrected chi connectivity index (χ3v) is 4.21. The van der Waals surface area contributed by atoms with E-state index in [0.717, 1.165) is 0 Å². The van der Waals surface area contributed by atoms with Crippen LogP contribution in [0.4, 0.5) is 5.69 Å². The lowest BCUT2D eigenvalue weighted by molar-refractivity contribution is 0.316. The Morgan fingerprint density at radius 1 is 1.25 bits per heavy atom. The molecule has 1 N–H and O–H groups in total. The van der Waals surface area contributed by atoms with Crippen LogP contribution in [0.15, 0.2) is 48.6 Å². The van der Waals surface area contributed by atoms with E-state index in [1.165, 1.54) is 11.3 Å². The molecule has 0 spiro atoms. The fourth-order valence-electron chi connectivity index (χ4n) is 2.88. The molecule has 1 aromatic carbocycles. The Kier molecular flexibility index (Phi) is 1.97. The van der Waals surface area contributed by atoms with Crippen LogP contribution in [0.2, 0.25) is 0 Å². The minimum Gasteiger partial charge on any atom is -0.378 e. The summed E-state index contributed by atoms with van der Waals surface area (Å²) in [4.78, 5) is 0. The molecule has 1 aliphatic heterocycles. The highest BCUT2D eigenvalue weighted by Gasteiger charge is 2.41. The molecule has 1 nitrogen and oxygen atoms in total. The van der Waals surface area contributed by atoms with E-state index in [-0.39, 0.29) is 6.84 Å². The van der Waals surface area contributed by atoms with Gasteiger partial charge in [0, 0.05) is 12.5 Å². The minimum atomic E-state index is 0. The minimum absolute atomic E-state index is 0. The molecule has 1 heteroatoms. The third-order valence-electron chi connectivity index (χ3n) is 4.21. The molecule has 16 heavy (non-hydrogen) atoms. The van der Waals surface area contributed by atoms with E-state index in [1.807, 2.05) is 0 Å². The monoisotopic (exact) mass is 213 g/mol. The zero-order chi connectivity index (χ0) is 11.2. The standard InChI is InChI=1S/C15H17N.H2/c1-11-12-7-3-4-8-13(12)16-14-9-5-6-10-15(11,14)2;/h3-11,14,16H,1-2H3;1H. The number of allylic oxidation sites excluding steroid dienone is 2. The zero-order valence-electron chi connectivity index (χ0n) is 9.77. The van der Waals surface area contributed by atoms with Gasteiger partial charge in [-0.25, -0.2) is 0 Å². The van der Waals surface area contributed by atoms with Gasteiger partial charge in [-0.3, -0.25) is 0 Å². The number of hydrogen-bond donors (Lipinski definition) is 1. The van der Waals surface area contributed by atoms with Crippen molar-refractivity contribution in [2.45, 2.75) is 25.8 Å². The summed E-state index contributed by atoms with van der Waals surface area (Å²) in [6, 6.07) is 9.06. The highest BCUT2D eigenvalue weighted by atomic mass is 15.0. The van der Waals surface area contributed by atoms with Gasteiger partial charge in [0.25, 0.3) is 0 Å². The van der Waals surface area contributed by atoms with Crippen LogP contribution in [0.3, 0.4) is 0 Å². The van der Waals surface area contributed by atoms with Crippen LogP contribution in [0.5, 0.6) is 0 Å². The van der Waals surface area contributed by atoms with Crippen LogP contribution >= 0.6 is 0 Å². The highest BCUT2D eigenvalue weighted by molar-refractivity contribution is 5.59. The molecule has 0 saturated heterocycles. The summed E-state index contributed by atoms with van der Waals surface area (Å²) in [6.07, 6.45) is 8.92. The summed E-state index contributed by atoms with van der Waals surface area (Å²) < 4.78 is 0. The van der Waals surface area contributed by atoms with Gasteiger partial charge in [-0.1, -0.05) is 56.4 Å². The second kappa shape index (κ2) is 3.24. The molecule has 3 rings (SSSR count). The van der Waals surface area contributed by atoms with Gasteiger partial charge in [0.05, 0.1) is 6.04 Å². The van der Waals surface area contributed by atoms with Crippen molar-refractivity contribution in [3.05, 3.63) is 54.1 Å². The van der Waals surface area contributed by atoms with Gasteiger partial charge in [-0.2, -0.15) is 0 Å². The zero-order valence-corrected chi connectivity index (χ0v) is 9.77. The lowest BCUT2D eigenvalue weighted by Gasteiger charge is -2.46. The number of rotatable bonds is 0. The second-order valence-electron chi connectivity index (χ2n) is 5.04. The van der Waals surface area contributed by atoms with E-state index >= 15 is 0 Å². The van der Waals surface area contributed by atoms with Crippen molar-refractivity contribution in [3.8, 4) is 0 Å². The van der Waals surface area contributed by atoms with Gasteiger partial charge in [0.15, 0.2) is 0 Å². The van der Waals surface area contributed by atoms with Crippen LogP contribution in [-0.2, 0) is 0 Å². The number of benzene rings is 1.